The molecule has 0 unspecified atom stereocenters. The van der Waals surface area contributed by atoms with Gasteiger partial charge in [-0.25, -0.2) is 15.0 Å². The first-order chi connectivity index (χ1) is 34.2. The number of para-hydroxylation sites is 2. The third-order valence-corrected chi connectivity index (χ3v) is 15.7. The highest BCUT2D eigenvalue weighted by atomic mass is 16.3. The zero-order chi connectivity index (χ0) is 46.6. The summed E-state index contributed by atoms with van der Waals surface area (Å²) in [7, 11) is 0. The molecule has 0 radical (unpaired) electrons. The lowest BCUT2D eigenvalue weighted by atomic mass is 9.80. The van der Waals surface area contributed by atoms with Gasteiger partial charge < -0.3 is 8.83 Å². The highest BCUT2D eigenvalue weighted by Gasteiger charge is 2.41. The summed E-state index contributed by atoms with van der Waals surface area (Å²) < 4.78 is 13.6. The first-order valence-corrected chi connectivity index (χ1v) is 24.2. The van der Waals surface area contributed by atoms with Crippen LogP contribution in [0.25, 0.3) is 133 Å². The molecule has 330 valence electrons. The summed E-state index contributed by atoms with van der Waals surface area (Å²) in [6.07, 6.45) is 0. The number of hydrogen-bond acceptors (Lipinski definition) is 5. The summed E-state index contributed by atoms with van der Waals surface area (Å²) in [5.74, 6) is 1.73. The number of hydrogen-bond donors (Lipinski definition) is 0. The lowest BCUT2D eigenvalue weighted by Crippen LogP contribution is -2.15. The van der Waals surface area contributed by atoms with Gasteiger partial charge in [-0.15, -0.1) is 0 Å². The summed E-state index contributed by atoms with van der Waals surface area (Å²) in [5.41, 5.74) is 17.8. The molecule has 2 aliphatic carbocycles. The van der Waals surface area contributed by atoms with Crippen LogP contribution in [0.5, 0.6) is 0 Å². The predicted octanol–water partition coefficient (Wildman–Crippen LogP) is 17.3. The van der Waals surface area contributed by atoms with E-state index in [4.69, 9.17) is 23.8 Å². The molecule has 0 aliphatic heterocycles. The molecular weight excluding hydrogens is 855 g/mol. The molecule has 10 aromatic carbocycles. The van der Waals surface area contributed by atoms with E-state index in [0.717, 1.165) is 88.0 Å². The van der Waals surface area contributed by atoms with Crippen molar-refractivity contribution < 1.29 is 8.83 Å². The first-order valence-electron chi connectivity index (χ1n) is 24.2. The summed E-state index contributed by atoms with van der Waals surface area (Å²) in [6.45, 7) is 9.34. The van der Waals surface area contributed by atoms with Crippen molar-refractivity contribution in [2.24, 2.45) is 0 Å². The third kappa shape index (κ3) is 5.35. The molecule has 0 saturated heterocycles. The van der Waals surface area contributed by atoms with Crippen LogP contribution >= 0.6 is 0 Å². The number of aromatic nitrogens is 3. The maximum Gasteiger partial charge on any atom is 0.164 e. The fourth-order valence-corrected chi connectivity index (χ4v) is 12.4. The fourth-order valence-electron chi connectivity index (χ4n) is 12.4. The quantitative estimate of drug-likeness (QED) is 0.165. The summed E-state index contributed by atoms with van der Waals surface area (Å²) >= 11 is 0. The van der Waals surface area contributed by atoms with Crippen LogP contribution < -0.4 is 0 Å². The molecule has 0 N–H and O–H groups in total. The van der Waals surface area contributed by atoms with Gasteiger partial charge in [0.2, 0.25) is 0 Å². The minimum atomic E-state index is -0.335. The molecule has 5 nitrogen and oxygen atoms in total. The van der Waals surface area contributed by atoms with E-state index in [1.807, 2.05) is 24.3 Å². The number of benzene rings is 10. The van der Waals surface area contributed by atoms with Gasteiger partial charge in [-0.3, -0.25) is 0 Å². The Bertz CT molecular complexity index is 4420. The van der Waals surface area contributed by atoms with Crippen LogP contribution in [-0.2, 0) is 10.8 Å². The van der Waals surface area contributed by atoms with Gasteiger partial charge in [0.25, 0.3) is 0 Å². The molecule has 0 bridgehead atoms. The standard InChI is InChI=1S/C65H43N3O2/c1-64(2)50-24-11-8-18-41(50)48-34-47-38(33-52(48)64)30-28-37-29-31-39(32-46(37)47)61-66-62(45-23-15-27-54-56(45)44-22-14-21-40(60(44)70-54)36-16-6-5-7-17-36)68-63(67-61)49-35-55-58(43-20-10-13-26-53(43)69-55)59-57(49)42-19-9-12-25-51(42)65(59,3)4/h5-35H,1-4H3. The van der Waals surface area contributed by atoms with E-state index in [0.29, 0.717) is 17.5 Å². The SMILES string of the molecule is CC1(C)c2ccccc2-c2cc3c(ccc4ccc(-c5nc(-c6cc7oc8ccccc8c7c7c6-c6ccccc6C7(C)C)nc(-c6cccc7oc8c(-c9ccccc9)cccc8c67)n5)cc43)cc21. The van der Waals surface area contributed by atoms with Gasteiger partial charge in [-0.05, 0) is 108 Å². The van der Waals surface area contributed by atoms with E-state index < -0.39 is 0 Å². The minimum absolute atomic E-state index is 0.0951. The second kappa shape index (κ2) is 14.0. The van der Waals surface area contributed by atoms with E-state index >= 15 is 0 Å². The second-order valence-corrected chi connectivity index (χ2v) is 20.2. The Morgan fingerprint density at radius 3 is 1.83 bits per heavy atom. The molecular formula is C65H43N3O2. The highest BCUT2D eigenvalue weighted by molar-refractivity contribution is 6.16. The van der Waals surface area contributed by atoms with Gasteiger partial charge in [-0.2, -0.15) is 0 Å². The summed E-state index contributed by atoms with van der Waals surface area (Å²) in [5, 5.41) is 8.93. The number of furan rings is 2. The molecule has 0 fully saturated rings. The van der Waals surface area contributed by atoms with Gasteiger partial charge in [0.1, 0.15) is 22.3 Å². The van der Waals surface area contributed by atoms with Crippen LogP contribution in [-0.4, -0.2) is 15.0 Å². The van der Waals surface area contributed by atoms with Crippen molar-refractivity contribution in [3.05, 3.63) is 210 Å². The van der Waals surface area contributed by atoms with E-state index in [-0.39, 0.29) is 10.8 Å². The Hall–Kier alpha value is -8.67. The largest absolute Gasteiger partial charge is 0.456 e. The molecule has 15 rings (SSSR count). The van der Waals surface area contributed by atoms with E-state index in [9.17, 15) is 0 Å². The van der Waals surface area contributed by atoms with Crippen molar-refractivity contribution in [2.75, 3.05) is 0 Å². The Kier molecular flexibility index (Phi) is 7.85. The number of rotatable bonds is 4. The molecule has 2 aliphatic rings. The fraction of sp³-hybridized carbons (Fsp3) is 0.0923. The van der Waals surface area contributed by atoms with Crippen LogP contribution in [0.2, 0.25) is 0 Å². The zero-order valence-electron chi connectivity index (χ0n) is 39.1. The molecule has 13 aromatic rings. The van der Waals surface area contributed by atoms with Crippen LogP contribution in [0.15, 0.2) is 197 Å². The van der Waals surface area contributed by atoms with Crippen LogP contribution in [0.1, 0.15) is 49.9 Å². The Morgan fingerprint density at radius 2 is 0.971 bits per heavy atom. The van der Waals surface area contributed by atoms with Crippen LogP contribution in [0, 0.1) is 0 Å². The van der Waals surface area contributed by atoms with Gasteiger partial charge >= 0.3 is 0 Å². The lowest BCUT2D eigenvalue weighted by Gasteiger charge is -2.22. The summed E-state index contributed by atoms with van der Waals surface area (Å²) in [6, 6.07) is 67.2. The maximum atomic E-state index is 6.80. The van der Waals surface area contributed by atoms with E-state index in [1.54, 1.807) is 0 Å². The van der Waals surface area contributed by atoms with Gasteiger partial charge in [0.05, 0.1) is 0 Å². The second-order valence-electron chi connectivity index (χ2n) is 20.2. The molecule has 0 atom stereocenters. The molecule has 3 heterocycles. The zero-order valence-corrected chi connectivity index (χ0v) is 39.1. The Balaban J connectivity index is 1.02. The van der Waals surface area contributed by atoms with Crippen molar-refractivity contribution in [3.63, 3.8) is 0 Å². The Morgan fingerprint density at radius 1 is 0.343 bits per heavy atom. The molecule has 0 amide bonds. The van der Waals surface area contributed by atoms with Crippen molar-refractivity contribution in [1.29, 1.82) is 0 Å². The van der Waals surface area contributed by atoms with Gasteiger partial charge in [0.15, 0.2) is 17.5 Å². The van der Waals surface area contributed by atoms with Crippen molar-refractivity contribution >= 4 is 65.4 Å². The number of fused-ring (bicyclic) bond motifs is 16. The van der Waals surface area contributed by atoms with Gasteiger partial charge in [-0.1, -0.05) is 179 Å². The van der Waals surface area contributed by atoms with Crippen molar-refractivity contribution in [1.82, 2.24) is 15.0 Å². The lowest BCUT2D eigenvalue weighted by molar-refractivity contribution is 0.657. The van der Waals surface area contributed by atoms with E-state index in [2.05, 4.69) is 191 Å². The molecule has 0 spiro atoms. The molecule has 5 heteroatoms. The topological polar surface area (TPSA) is 65.0 Å². The predicted molar refractivity (Wildman–Crippen MR) is 286 cm³/mol. The van der Waals surface area contributed by atoms with Gasteiger partial charge in [0, 0.05) is 54.6 Å². The highest BCUT2D eigenvalue weighted by Crippen LogP contribution is 2.56. The monoisotopic (exact) mass is 897 g/mol. The normalized spacial score (nSPS) is 14.2. The maximum absolute atomic E-state index is 6.80. The van der Waals surface area contributed by atoms with Crippen LogP contribution in [0.3, 0.4) is 0 Å². The molecule has 0 saturated carbocycles. The first kappa shape index (κ1) is 39.3. The minimum Gasteiger partial charge on any atom is -0.456 e. The molecule has 70 heavy (non-hydrogen) atoms. The van der Waals surface area contributed by atoms with Crippen molar-refractivity contribution in [2.45, 2.75) is 38.5 Å². The Labute approximate surface area is 403 Å². The van der Waals surface area contributed by atoms with Crippen molar-refractivity contribution in [3.8, 4) is 67.5 Å². The third-order valence-electron chi connectivity index (χ3n) is 15.7. The smallest absolute Gasteiger partial charge is 0.164 e. The average molecular weight is 898 g/mol. The van der Waals surface area contributed by atoms with E-state index in [1.165, 1.54) is 49.7 Å². The van der Waals surface area contributed by atoms with Crippen LogP contribution in [0.4, 0.5) is 0 Å². The number of nitrogens with zero attached hydrogens (tertiary/aromatic N) is 3. The molecule has 3 aromatic heterocycles. The summed E-state index contributed by atoms with van der Waals surface area (Å²) in [4.78, 5) is 16.6. The average Bonchev–Trinajstić information content (AvgIpc) is 4.10.